The highest BCUT2D eigenvalue weighted by Crippen LogP contribution is 2.57. The fourth-order valence-electron chi connectivity index (χ4n) is 5.67. The molecular formula is C22H24N2O11S. The summed E-state index contributed by atoms with van der Waals surface area (Å²) in [5.74, 6) is -9.04. The molecule has 1 saturated carbocycles. The minimum atomic E-state index is -5.09. The molecule has 0 bridgehead atoms. The molecule has 5 atom stereocenters. The van der Waals surface area contributed by atoms with Crippen molar-refractivity contribution in [2.75, 3.05) is 14.1 Å². The lowest BCUT2D eigenvalue weighted by Crippen LogP contribution is -2.67. The number of benzene rings is 1. The van der Waals surface area contributed by atoms with Gasteiger partial charge < -0.3 is 30.3 Å². The van der Waals surface area contributed by atoms with Gasteiger partial charge in [-0.1, -0.05) is 12.1 Å². The highest BCUT2D eigenvalue weighted by atomic mass is 32.3. The van der Waals surface area contributed by atoms with Crippen molar-refractivity contribution in [1.82, 2.24) is 4.90 Å². The van der Waals surface area contributed by atoms with E-state index in [4.69, 9.17) is 10.3 Å². The summed E-state index contributed by atoms with van der Waals surface area (Å²) in [4.78, 5) is 40.2. The highest BCUT2D eigenvalue weighted by molar-refractivity contribution is 7.81. The van der Waals surface area contributed by atoms with Gasteiger partial charge in [-0.2, -0.15) is 8.42 Å². The molecule has 36 heavy (non-hydrogen) atoms. The number of likely N-dealkylation sites (N-methyl/N-ethyl adjacent to an activating group) is 1. The minimum Gasteiger partial charge on any atom is -0.508 e. The number of hydrogen-bond donors (Lipinski definition) is 6. The third kappa shape index (κ3) is 3.37. The van der Waals surface area contributed by atoms with Gasteiger partial charge in [0.2, 0.25) is 5.78 Å². The first-order valence-electron chi connectivity index (χ1n) is 10.6. The molecule has 7 N–H and O–H groups in total. The molecule has 0 unspecified atom stereocenters. The Balaban J connectivity index is 2.04. The second kappa shape index (κ2) is 7.85. The molecule has 1 fully saturated rings. The Kier molecular flexibility index (Phi) is 5.62. The van der Waals surface area contributed by atoms with Crippen LogP contribution in [0, 0.1) is 11.8 Å². The Morgan fingerprint density at radius 3 is 2.33 bits per heavy atom. The Labute approximate surface area is 205 Å². The van der Waals surface area contributed by atoms with Crippen molar-refractivity contribution < 1.29 is 52.0 Å². The van der Waals surface area contributed by atoms with Crippen LogP contribution in [0.15, 0.2) is 35.1 Å². The Bertz CT molecular complexity index is 1390. The third-order valence-electron chi connectivity index (χ3n) is 7.20. The van der Waals surface area contributed by atoms with Gasteiger partial charge in [-0.25, -0.2) is 0 Å². The van der Waals surface area contributed by atoms with Crippen LogP contribution in [0.2, 0.25) is 0 Å². The number of fused-ring (bicyclic) bond motifs is 3. The fourth-order valence-corrected chi connectivity index (χ4v) is 6.04. The summed E-state index contributed by atoms with van der Waals surface area (Å²) < 4.78 is 36.4. The zero-order chi connectivity index (χ0) is 27.1. The molecule has 1 amide bonds. The van der Waals surface area contributed by atoms with E-state index < -0.39 is 90.9 Å². The number of aliphatic hydroxyl groups excluding tert-OH is 2. The zero-order valence-electron chi connectivity index (χ0n) is 19.3. The van der Waals surface area contributed by atoms with Crippen LogP contribution in [-0.2, 0) is 30.4 Å². The number of nitrogens with two attached hydrogens (primary N) is 1. The smallest absolute Gasteiger partial charge is 0.446 e. The average Bonchev–Trinajstić information content (AvgIpc) is 2.73. The van der Waals surface area contributed by atoms with Crippen LogP contribution >= 0.6 is 0 Å². The number of nitrogens with zero attached hydrogens (tertiary/aromatic N) is 1. The van der Waals surface area contributed by atoms with Crippen LogP contribution in [0.4, 0.5) is 0 Å². The summed E-state index contributed by atoms with van der Waals surface area (Å²) in [6, 6.07) is 2.36. The van der Waals surface area contributed by atoms with Gasteiger partial charge in [0.25, 0.3) is 5.91 Å². The lowest BCUT2D eigenvalue weighted by atomic mass is 9.54. The van der Waals surface area contributed by atoms with Gasteiger partial charge in [0, 0.05) is 17.4 Å². The lowest BCUT2D eigenvalue weighted by molar-refractivity contribution is -0.159. The van der Waals surface area contributed by atoms with Gasteiger partial charge in [-0.15, -0.1) is 0 Å². The summed E-state index contributed by atoms with van der Waals surface area (Å²) in [6.45, 7) is 1.28. The van der Waals surface area contributed by atoms with Crippen LogP contribution in [0.1, 0.15) is 24.5 Å². The molecule has 1 aromatic carbocycles. The first kappa shape index (κ1) is 25.8. The van der Waals surface area contributed by atoms with Crippen LogP contribution in [0.25, 0.3) is 5.76 Å². The van der Waals surface area contributed by atoms with E-state index in [0.29, 0.717) is 0 Å². The van der Waals surface area contributed by atoms with Gasteiger partial charge in [0.1, 0.15) is 17.1 Å². The maximum Gasteiger partial charge on any atom is 0.446 e. The van der Waals surface area contributed by atoms with Crippen molar-refractivity contribution in [3.8, 4) is 5.75 Å². The second-order valence-electron chi connectivity index (χ2n) is 9.45. The molecule has 0 radical (unpaired) electrons. The molecule has 194 valence electrons. The molecule has 0 aliphatic heterocycles. The molecule has 4 rings (SSSR count). The topological polar surface area (TPSA) is 225 Å². The van der Waals surface area contributed by atoms with E-state index in [0.717, 1.165) is 6.07 Å². The summed E-state index contributed by atoms with van der Waals surface area (Å²) in [5, 5.41) is 45.1. The predicted octanol–water partition coefficient (Wildman–Crippen LogP) is -0.895. The molecular weight excluding hydrogens is 500 g/mol. The van der Waals surface area contributed by atoms with Crippen molar-refractivity contribution in [2.45, 2.75) is 30.6 Å². The minimum absolute atomic E-state index is 0.0609. The monoisotopic (exact) mass is 524 g/mol. The molecule has 13 nitrogen and oxygen atoms in total. The lowest BCUT2D eigenvalue weighted by Gasteiger charge is -2.53. The molecule has 0 saturated heterocycles. The molecule has 3 aliphatic carbocycles. The van der Waals surface area contributed by atoms with Crippen molar-refractivity contribution in [3.63, 3.8) is 0 Å². The van der Waals surface area contributed by atoms with Crippen molar-refractivity contribution in [3.05, 3.63) is 46.2 Å². The van der Waals surface area contributed by atoms with E-state index in [1.165, 1.54) is 38.1 Å². The van der Waals surface area contributed by atoms with E-state index in [-0.39, 0.29) is 12.0 Å². The van der Waals surface area contributed by atoms with Crippen LogP contribution < -0.4 is 9.92 Å². The number of carbonyl (C=O) groups is 3. The van der Waals surface area contributed by atoms with Crippen molar-refractivity contribution in [2.24, 2.45) is 17.6 Å². The Morgan fingerprint density at radius 2 is 1.81 bits per heavy atom. The predicted molar refractivity (Wildman–Crippen MR) is 121 cm³/mol. The van der Waals surface area contributed by atoms with Crippen LogP contribution in [0.3, 0.4) is 0 Å². The van der Waals surface area contributed by atoms with Crippen molar-refractivity contribution >= 4 is 33.6 Å². The quantitative estimate of drug-likeness (QED) is 0.208. The average molecular weight is 525 g/mol. The first-order chi connectivity index (χ1) is 16.5. The number of carbonyl (C=O) groups excluding carboxylic acids is 3. The number of amides is 1. The SMILES string of the molecule is CN(C)[C@@H]1C(=O)C(C(N)=O)=C(O)[C@@]2(O)C(=O)C3=C(O)c4c(OS(=O)(=O)O)cccc4[C@@](C)(O)[C@H]3C[C@@H]12. The maximum absolute atomic E-state index is 13.8. The van der Waals surface area contributed by atoms with Gasteiger partial charge >= 0.3 is 10.4 Å². The molecule has 3 aliphatic rings. The normalized spacial score (nSPS) is 32.2. The van der Waals surface area contributed by atoms with E-state index in [2.05, 4.69) is 4.18 Å². The standard InChI is InChI=1S/C22H24N2O11S/c1-21(30)8-5-4-6-11(35-36(32,33)34)12(8)16(25)13-9(21)7-10-15(24(2)3)17(26)14(20(23)29)19(28)22(10,31)18(13)27/h4-6,9-10,15,25,28,30-31H,7H2,1-3H3,(H2,23,29)(H,32,33,34)/t9-,10-,15-,21+,22-/m0/s1. The number of aliphatic hydroxyl groups is 4. The summed E-state index contributed by atoms with van der Waals surface area (Å²) in [7, 11) is -2.19. The number of Topliss-reactive ketones (excluding diaryl/α,β-unsaturated/α-hetero) is 2. The Hall–Kier alpha value is -3.30. The van der Waals surface area contributed by atoms with Gasteiger partial charge in [0.05, 0.1) is 17.2 Å². The van der Waals surface area contributed by atoms with E-state index in [1.54, 1.807) is 0 Å². The molecule has 1 aromatic rings. The Morgan fingerprint density at radius 1 is 1.19 bits per heavy atom. The molecule has 0 aromatic heterocycles. The fraction of sp³-hybridized carbons (Fsp3) is 0.409. The van der Waals surface area contributed by atoms with E-state index >= 15 is 0 Å². The van der Waals surface area contributed by atoms with E-state index in [9.17, 15) is 43.2 Å². The van der Waals surface area contributed by atoms with Crippen molar-refractivity contribution in [1.29, 1.82) is 0 Å². The maximum atomic E-state index is 13.8. The third-order valence-corrected chi connectivity index (χ3v) is 7.59. The molecule has 14 heteroatoms. The van der Waals surface area contributed by atoms with Crippen LogP contribution in [0.5, 0.6) is 5.75 Å². The summed E-state index contributed by atoms with van der Waals surface area (Å²) >= 11 is 0. The number of primary amides is 1. The molecule has 0 heterocycles. The number of rotatable bonds is 4. The summed E-state index contributed by atoms with van der Waals surface area (Å²) in [5.41, 5.74) is -1.70. The highest BCUT2D eigenvalue weighted by Gasteiger charge is 2.66. The second-order valence-corrected chi connectivity index (χ2v) is 10.5. The largest absolute Gasteiger partial charge is 0.508 e. The first-order valence-corrected chi connectivity index (χ1v) is 12.0. The van der Waals surface area contributed by atoms with Crippen LogP contribution in [-0.4, -0.2) is 81.5 Å². The number of hydrogen-bond acceptors (Lipinski definition) is 11. The van der Waals surface area contributed by atoms with Gasteiger partial charge in [-0.05, 0) is 39.1 Å². The number of ketones is 2. The molecule has 0 spiro atoms. The summed E-state index contributed by atoms with van der Waals surface area (Å²) in [6.07, 6.45) is -0.331. The van der Waals surface area contributed by atoms with Gasteiger partial charge in [0.15, 0.2) is 17.1 Å². The van der Waals surface area contributed by atoms with Gasteiger partial charge in [-0.3, -0.25) is 23.8 Å². The zero-order valence-corrected chi connectivity index (χ0v) is 20.1. The van der Waals surface area contributed by atoms with E-state index in [1.807, 2.05) is 0 Å².